The van der Waals surface area contributed by atoms with Crippen LogP contribution in [0.1, 0.15) is 44.7 Å². The van der Waals surface area contributed by atoms with E-state index < -0.39 is 0 Å². The van der Waals surface area contributed by atoms with Gasteiger partial charge in [0, 0.05) is 24.7 Å². The molecular formula is C16H27N3O. The van der Waals surface area contributed by atoms with Gasteiger partial charge < -0.3 is 10.5 Å². The van der Waals surface area contributed by atoms with Gasteiger partial charge in [-0.3, -0.25) is 4.90 Å². The number of pyridine rings is 1. The number of aromatic nitrogens is 1. The number of nitrogens with zero attached hydrogens (tertiary/aromatic N) is 2. The van der Waals surface area contributed by atoms with Gasteiger partial charge in [-0.2, -0.15) is 0 Å². The molecule has 1 aliphatic rings. The molecule has 0 aromatic carbocycles. The minimum absolute atomic E-state index is 0.407. The van der Waals surface area contributed by atoms with Crippen molar-refractivity contribution >= 4 is 0 Å². The van der Waals surface area contributed by atoms with Gasteiger partial charge >= 0.3 is 0 Å². The van der Waals surface area contributed by atoms with Gasteiger partial charge in [-0.1, -0.05) is 13.0 Å². The summed E-state index contributed by atoms with van der Waals surface area (Å²) < 4.78 is 5.21. The summed E-state index contributed by atoms with van der Waals surface area (Å²) in [6, 6.07) is 7.06. The molecular weight excluding hydrogens is 250 g/mol. The minimum Gasteiger partial charge on any atom is -0.481 e. The van der Waals surface area contributed by atoms with Crippen LogP contribution in [-0.2, 0) is 6.54 Å². The molecule has 0 atom stereocenters. The van der Waals surface area contributed by atoms with Gasteiger partial charge in [0.25, 0.3) is 0 Å². The molecule has 1 saturated carbocycles. The van der Waals surface area contributed by atoms with Gasteiger partial charge in [0.2, 0.25) is 5.88 Å². The molecule has 0 saturated heterocycles. The van der Waals surface area contributed by atoms with Crippen molar-refractivity contribution in [1.29, 1.82) is 0 Å². The summed E-state index contributed by atoms with van der Waals surface area (Å²) in [5, 5.41) is 0. The van der Waals surface area contributed by atoms with Crippen molar-refractivity contribution in [3.05, 3.63) is 23.9 Å². The van der Waals surface area contributed by atoms with Gasteiger partial charge in [-0.15, -0.1) is 0 Å². The van der Waals surface area contributed by atoms with Crippen LogP contribution in [0.4, 0.5) is 0 Å². The molecule has 2 N–H and O–H groups in total. The fourth-order valence-electron chi connectivity index (χ4n) is 3.01. The number of hydrogen-bond acceptors (Lipinski definition) is 4. The number of hydrogen-bond donors (Lipinski definition) is 1. The molecule has 0 spiro atoms. The van der Waals surface area contributed by atoms with Crippen LogP contribution in [0.5, 0.6) is 5.88 Å². The van der Waals surface area contributed by atoms with E-state index in [4.69, 9.17) is 10.5 Å². The van der Waals surface area contributed by atoms with Gasteiger partial charge in [0.05, 0.1) is 12.8 Å². The third-order valence-corrected chi connectivity index (χ3v) is 4.12. The zero-order valence-corrected chi connectivity index (χ0v) is 12.7. The molecule has 1 aliphatic carbocycles. The van der Waals surface area contributed by atoms with Crippen LogP contribution in [0.3, 0.4) is 0 Å². The summed E-state index contributed by atoms with van der Waals surface area (Å²) in [6.07, 6.45) is 5.90. The van der Waals surface area contributed by atoms with Gasteiger partial charge in [-0.05, 0) is 44.7 Å². The maximum atomic E-state index is 6.01. The van der Waals surface area contributed by atoms with Crippen molar-refractivity contribution in [3.63, 3.8) is 0 Å². The first-order chi connectivity index (χ1) is 9.72. The molecule has 0 unspecified atom stereocenters. The Morgan fingerprint density at radius 3 is 2.70 bits per heavy atom. The van der Waals surface area contributed by atoms with Crippen molar-refractivity contribution in [2.24, 2.45) is 5.73 Å². The van der Waals surface area contributed by atoms with Gasteiger partial charge in [0.1, 0.15) is 0 Å². The van der Waals surface area contributed by atoms with E-state index in [-0.39, 0.29) is 0 Å². The van der Waals surface area contributed by atoms with E-state index in [1.807, 2.05) is 12.1 Å². The minimum atomic E-state index is 0.407. The molecule has 0 radical (unpaired) electrons. The third kappa shape index (κ3) is 4.18. The number of methoxy groups -OCH3 is 1. The smallest absolute Gasteiger partial charge is 0.213 e. The molecule has 4 nitrogen and oxygen atoms in total. The van der Waals surface area contributed by atoms with Crippen LogP contribution in [-0.4, -0.2) is 35.6 Å². The zero-order valence-electron chi connectivity index (χ0n) is 12.7. The molecule has 1 heterocycles. The second-order valence-corrected chi connectivity index (χ2v) is 5.71. The fourth-order valence-corrected chi connectivity index (χ4v) is 3.01. The van der Waals surface area contributed by atoms with Crippen molar-refractivity contribution in [3.8, 4) is 5.88 Å². The van der Waals surface area contributed by atoms with Crippen molar-refractivity contribution in [1.82, 2.24) is 9.88 Å². The van der Waals surface area contributed by atoms with Gasteiger partial charge in [-0.25, -0.2) is 4.98 Å². The molecule has 0 amide bonds. The number of nitrogens with two attached hydrogens (primary N) is 1. The van der Waals surface area contributed by atoms with Crippen LogP contribution < -0.4 is 10.5 Å². The molecule has 2 rings (SSSR count). The summed E-state index contributed by atoms with van der Waals surface area (Å²) in [5.74, 6) is 0.699. The Morgan fingerprint density at radius 2 is 2.05 bits per heavy atom. The maximum absolute atomic E-state index is 6.01. The highest BCUT2D eigenvalue weighted by Crippen LogP contribution is 2.24. The van der Waals surface area contributed by atoms with Crippen LogP contribution in [0, 0.1) is 0 Å². The average molecular weight is 277 g/mol. The van der Waals surface area contributed by atoms with E-state index in [0.717, 1.165) is 31.6 Å². The Hall–Kier alpha value is -1.13. The Balaban J connectivity index is 2.00. The van der Waals surface area contributed by atoms with E-state index in [0.29, 0.717) is 18.0 Å². The van der Waals surface area contributed by atoms with Crippen LogP contribution in [0.15, 0.2) is 18.2 Å². The Kier molecular flexibility index (Phi) is 5.80. The first-order valence-corrected chi connectivity index (χ1v) is 7.72. The molecule has 1 fully saturated rings. The second kappa shape index (κ2) is 7.60. The van der Waals surface area contributed by atoms with Crippen molar-refractivity contribution in [2.45, 2.75) is 57.7 Å². The summed E-state index contributed by atoms with van der Waals surface area (Å²) in [7, 11) is 1.67. The Bertz CT molecular complexity index is 402. The van der Waals surface area contributed by atoms with E-state index in [1.54, 1.807) is 7.11 Å². The maximum Gasteiger partial charge on any atom is 0.213 e. The molecule has 1 aromatic rings. The third-order valence-electron chi connectivity index (χ3n) is 4.12. The molecule has 0 aliphatic heterocycles. The highest BCUT2D eigenvalue weighted by molar-refractivity contribution is 5.15. The zero-order chi connectivity index (χ0) is 14.4. The lowest BCUT2D eigenvalue weighted by Crippen LogP contribution is -2.41. The number of ether oxygens (including phenoxy) is 1. The SMILES string of the molecule is CCCN(Cc1cccc(OC)n1)C1CCC(N)CC1. The van der Waals surface area contributed by atoms with Crippen LogP contribution >= 0.6 is 0 Å². The summed E-state index contributed by atoms with van der Waals surface area (Å²) >= 11 is 0. The fraction of sp³-hybridized carbons (Fsp3) is 0.688. The average Bonchev–Trinajstić information content (AvgIpc) is 2.48. The molecule has 112 valence electrons. The lowest BCUT2D eigenvalue weighted by molar-refractivity contribution is 0.140. The molecule has 1 aromatic heterocycles. The van der Waals surface area contributed by atoms with Crippen LogP contribution in [0.2, 0.25) is 0 Å². The van der Waals surface area contributed by atoms with Crippen LogP contribution in [0.25, 0.3) is 0 Å². The highest BCUT2D eigenvalue weighted by atomic mass is 16.5. The van der Waals surface area contributed by atoms with E-state index >= 15 is 0 Å². The Morgan fingerprint density at radius 1 is 1.30 bits per heavy atom. The highest BCUT2D eigenvalue weighted by Gasteiger charge is 2.24. The molecule has 20 heavy (non-hydrogen) atoms. The summed E-state index contributed by atoms with van der Waals surface area (Å²) in [6.45, 7) is 4.27. The first kappa shape index (κ1) is 15.3. The van der Waals surface area contributed by atoms with E-state index in [9.17, 15) is 0 Å². The lowest BCUT2D eigenvalue weighted by Gasteiger charge is -2.35. The first-order valence-electron chi connectivity index (χ1n) is 7.72. The Labute approximate surface area is 122 Å². The van der Waals surface area contributed by atoms with Crippen molar-refractivity contribution < 1.29 is 4.74 Å². The standard InChI is InChI=1S/C16H27N3O/c1-3-11-19(15-9-7-13(17)8-10-15)12-14-5-4-6-16(18-14)20-2/h4-6,13,15H,3,7-12,17H2,1-2H3. The normalized spacial score (nSPS) is 23.0. The molecule has 4 heteroatoms. The largest absolute Gasteiger partial charge is 0.481 e. The summed E-state index contributed by atoms with van der Waals surface area (Å²) in [4.78, 5) is 7.10. The predicted octanol–water partition coefficient (Wildman–Crippen LogP) is 2.57. The predicted molar refractivity (Wildman–Crippen MR) is 81.7 cm³/mol. The topological polar surface area (TPSA) is 51.4 Å². The van der Waals surface area contributed by atoms with E-state index in [1.165, 1.54) is 19.3 Å². The molecule has 0 bridgehead atoms. The number of rotatable bonds is 6. The quantitative estimate of drug-likeness (QED) is 0.868. The second-order valence-electron chi connectivity index (χ2n) is 5.71. The van der Waals surface area contributed by atoms with Crippen molar-refractivity contribution in [2.75, 3.05) is 13.7 Å². The monoisotopic (exact) mass is 277 g/mol. The van der Waals surface area contributed by atoms with Gasteiger partial charge in [0.15, 0.2) is 0 Å². The summed E-state index contributed by atoms with van der Waals surface area (Å²) in [5.41, 5.74) is 7.10. The van der Waals surface area contributed by atoms with E-state index in [2.05, 4.69) is 22.9 Å². The lowest BCUT2D eigenvalue weighted by atomic mass is 9.90.